The molecular weight excluding hydrogens is 444 g/mol. The van der Waals surface area contributed by atoms with Crippen LogP contribution in [0.25, 0.3) is 23.0 Å². The molecule has 0 fully saturated rings. The number of rotatable bonds is 6. The van der Waals surface area contributed by atoms with Crippen LogP contribution in [0.2, 0.25) is 0 Å². The molecule has 2 aromatic heterocycles. The van der Waals surface area contributed by atoms with Gasteiger partial charge in [-0.2, -0.15) is 10.1 Å². The van der Waals surface area contributed by atoms with Crippen LogP contribution in [-0.4, -0.2) is 37.0 Å². The molecule has 0 bridgehead atoms. The fourth-order valence-corrected chi connectivity index (χ4v) is 5.10. The minimum absolute atomic E-state index is 0.277. The summed E-state index contributed by atoms with van der Waals surface area (Å²) < 4.78 is 24.5. The van der Waals surface area contributed by atoms with Crippen LogP contribution in [0.3, 0.4) is 0 Å². The summed E-state index contributed by atoms with van der Waals surface area (Å²) in [5.41, 5.74) is 7.79. The number of aryl methyl sites for hydroxylation is 3. The van der Waals surface area contributed by atoms with Gasteiger partial charge in [-0.15, -0.1) is 0 Å². The Labute approximate surface area is 194 Å². The molecule has 1 unspecified atom stereocenters. The van der Waals surface area contributed by atoms with E-state index in [1.54, 1.807) is 0 Å². The zero-order valence-corrected chi connectivity index (χ0v) is 21.2. The van der Waals surface area contributed by atoms with Crippen LogP contribution in [0.5, 0.6) is 0 Å². The molecule has 32 heavy (non-hydrogen) atoms. The predicted molar refractivity (Wildman–Crippen MR) is 128 cm³/mol. The van der Waals surface area contributed by atoms with Gasteiger partial charge in [0, 0.05) is 41.3 Å². The highest BCUT2D eigenvalue weighted by atomic mass is 32.8. The summed E-state index contributed by atoms with van der Waals surface area (Å²) in [6, 6.07) is 4.09. The Bertz CT molecular complexity index is 1250. The molecule has 3 aromatic rings. The van der Waals surface area contributed by atoms with E-state index in [9.17, 15) is 4.21 Å². The van der Waals surface area contributed by atoms with Gasteiger partial charge < -0.3 is 4.52 Å². The van der Waals surface area contributed by atoms with Crippen LogP contribution in [0.4, 0.5) is 0 Å². The number of nitrogens with zero attached hydrogens (tertiary/aromatic N) is 4. The maximum atomic E-state index is 11.6. The van der Waals surface area contributed by atoms with E-state index in [0.29, 0.717) is 24.7 Å². The van der Waals surface area contributed by atoms with Crippen LogP contribution in [0.15, 0.2) is 16.7 Å². The SMILES string of the molecule is Cc1cc(-c2noc(-c3nn(C)c4c3CCC(C)(C)C4)n2)cc(C)c1CCOS(C)(=O)=S. The summed E-state index contributed by atoms with van der Waals surface area (Å²) in [6.07, 6.45) is 5.15. The molecular formula is C23H30N4O3S2. The van der Waals surface area contributed by atoms with E-state index in [-0.39, 0.29) is 5.41 Å². The molecule has 0 radical (unpaired) electrons. The summed E-state index contributed by atoms with van der Waals surface area (Å²) in [5.74, 6) is 1.01. The van der Waals surface area contributed by atoms with E-state index in [1.807, 2.05) is 37.7 Å². The van der Waals surface area contributed by atoms with Crippen LogP contribution >= 0.6 is 0 Å². The Morgan fingerprint density at radius 3 is 2.62 bits per heavy atom. The number of benzene rings is 1. The summed E-state index contributed by atoms with van der Waals surface area (Å²) in [7, 11) is -0.628. The number of hydrogen-bond donors (Lipinski definition) is 0. The van der Waals surface area contributed by atoms with Gasteiger partial charge in [-0.05, 0) is 73.8 Å². The standard InChI is InChI=1S/C23H30N4O3S2/c1-14-11-16(12-15(2)17(14)8-10-29-32(6,28)31)21-24-22(30-26-21)20-18-7-9-23(3,4)13-19(18)27(5)25-20/h11-12H,7-10,13H2,1-6H3. The molecule has 0 amide bonds. The first kappa shape index (κ1) is 23.1. The number of hydrogen-bond acceptors (Lipinski definition) is 7. The molecule has 0 spiro atoms. The summed E-state index contributed by atoms with van der Waals surface area (Å²) >= 11 is 4.82. The molecule has 0 saturated carbocycles. The van der Waals surface area contributed by atoms with Crippen molar-refractivity contribution in [2.24, 2.45) is 12.5 Å². The van der Waals surface area contributed by atoms with E-state index < -0.39 is 8.77 Å². The van der Waals surface area contributed by atoms with Gasteiger partial charge in [0.15, 0.2) is 5.69 Å². The van der Waals surface area contributed by atoms with Crippen LogP contribution in [-0.2, 0) is 50.5 Å². The summed E-state index contributed by atoms with van der Waals surface area (Å²) in [6.45, 7) is 9.01. The molecule has 0 aliphatic heterocycles. The van der Waals surface area contributed by atoms with Crippen LogP contribution in [0, 0.1) is 19.3 Å². The average Bonchev–Trinajstić information content (AvgIpc) is 3.27. The Morgan fingerprint density at radius 2 is 1.97 bits per heavy atom. The summed E-state index contributed by atoms with van der Waals surface area (Å²) in [5, 5.41) is 8.96. The first-order valence-corrected chi connectivity index (χ1v) is 13.6. The molecule has 1 atom stereocenters. The second kappa shape index (κ2) is 8.35. The number of aromatic nitrogens is 4. The molecule has 4 rings (SSSR count). The maximum absolute atomic E-state index is 11.6. The van der Waals surface area contributed by atoms with E-state index >= 15 is 0 Å². The molecule has 1 aliphatic carbocycles. The molecule has 7 nitrogen and oxygen atoms in total. The second-order valence-corrected chi connectivity index (χ2v) is 13.0. The molecule has 1 aliphatic rings. The lowest BCUT2D eigenvalue weighted by Gasteiger charge is -2.29. The van der Waals surface area contributed by atoms with Crippen molar-refractivity contribution in [2.45, 2.75) is 53.4 Å². The van der Waals surface area contributed by atoms with Crippen LogP contribution < -0.4 is 0 Å². The zero-order chi connectivity index (χ0) is 23.3. The van der Waals surface area contributed by atoms with Crippen molar-refractivity contribution < 1.29 is 12.9 Å². The molecule has 0 N–H and O–H groups in total. The van der Waals surface area contributed by atoms with Crippen molar-refractivity contribution >= 4 is 20.0 Å². The quantitative estimate of drug-likeness (QED) is 0.531. The minimum Gasteiger partial charge on any atom is -0.332 e. The highest BCUT2D eigenvalue weighted by Crippen LogP contribution is 2.38. The van der Waals surface area contributed by atoms with E-state index in [0.717, 1.165) is 47.2 Å². The van der Waals surface area contributed by atoms with Gasteiger partial charge in [0.05, 0.1) is 6.61 Å². The molecule has 9 heteroatoms. The Morgan fingerprint density at radius 1 is 1.28 bits per heavy atom. The maximum Gasteiger partial charge on any atom is 0.279 e. The highest BCUT2D eigenvalue weighted by molar-refractivity contribution is 8.29. The Kier molecular flexibility index (Phi) is 6.02. The normalized spacial score (nSPS) is 17.2. The van der Waals surface area contributed by atoms with Crippen molar-refractivity contribution in [1.29, 1.82) is 0 Å². The van der Waals surface area contributed by atoms with Crippen LogP contribution in [0.1, 0.15) is 48.2 Å². The number of fused-ring (bicyclic) bond motifs is 1. The van der Waals surface area contributed by atoms with Gasteiger partial charge >= 0.3 is 0 Å². The van der Waals surface area contributed by atoms with Gasteiger partial charge in [0.25, 0.3) is 5.89 Å². The monoisotopic (exact) mass is 474 g/mol. The fourth-order valence-electron chi connectivity index (χ4n) is 4.51. The van der Waals surface area contributed by atoms with Crippen molar-refractivity contribution in [3.63, 3.8) is 0 Å². The second-order valence-electron chi connectivity index (χ2n) is 9.53. The first-order valence-electron chi connectivity index (χ1n) is 10.8. The van der Waals surface area contributed by atoms with Crippen molar-refractivity contribution in [3.05, 3.63) is 40.1 Å². The van der Waals surface area contributed by atoms with Crippen molar-refractivity contribution in [1.82, 2.24) is 19.9 Å². The van der Waals surface area contributed by atoms with Gasteiger partial charge in [-0.3, -0.25) is 8.86 Å². The third-order valence-corrected chi connectivity index (χ3v) is 7.09. The third-order valence-electron chi connectivity index (χ3n) is 6.20. The third kappa shape index (κ3) is 4.79. The Balaban J connectivity index is 1.60. The van der Waals surface area contributed by atoms with E-state index in [2.05, 4.69) is 24.0 Å². The topological polar surface area (TPSA) is 83.0 Å². The lowest BCUT2D eigenvalue weighted by atomic mass is 9.76. The fraction of sp³-hybridized carbons (Fsp3) is 0.522. The Hall–Kier alpha value is -2.10. The van der Waals surface area contributed by atoms with E-state index in [4.69, 9.17) is 25.0 Å². The van der Waals surface area contributed by atoms with Gasteiger partial charge in [0.1, 0.15) is 8.77 Å². The smallest absolute Gasteiger partial charge is 0.279 e. The van der Waals surface area contributed by atoms with E-state index in [1.165, 1.54) is 17.5 Å². The molecule has 172 valence electrons. The lowest BCUT2D eigenvalue weighted by molar-refractivity contribution is 0.306. The predicted octanol–water partition coefficient (Wildman–Crippen LogP) is 4.12. The zero-order valence-electron chi connectivity index (χ0n) is 19.5. The molecule has 1 aromatic carbocycles. The largest absolute Gasteiger partial charge is 0.332 e. The average molecular weight is 475 g/mol. The van der Waals surface area contributed by atoms with Gasteiger partial charge in [-0.25, -0.2) is 4.21 Å². The van der Waals surface area contributed by atoms with Gasteiger partial charge in [0.2, 0.25) is 5.82 Å². The molecule has 0 saturated heterocycles. The first-order chi connectivity index (χ1) is 14.9. The minimum atomic E-state index is -2.61. The van der Waals surface area contributed by atoms with Crippen molar-refractivity contribution in [2.75, 3.05) is 12.9 Å². The highest BCUT2D eigenvalue weighted by Gasteiger charge is 2.32. The summed E-state index contributed by atoms with van der Waals surface area (Å²) in [4.78, 5) is 4.68. The lowest BCUT2D eigenvalue weighted by Crippen LogP contribution is -2.23. The van der Waals surface area contributed by atoms with Gasteiger partial charge in [-0.1, -0.05) is 19.0 Å². The van der Waals surface area contributed by atoms with Crippen molar-refractivity contribution in [3.8, 4) is 23.0 Å². The molecule has 2 heterocycles.